The fraction of sp³-hybridized carbons (Fsp3) is 0.471. The number of benzene rings is 1. The van der Waals surface area contributed by atoms with E-state index in [1.165, 1.54) is 11.1 Å². The number of hydrogen-bond donors (Lipinski definition) is 1. The predicted octanol–water partition coefficient (Wildman–Crippen LogP) is 2.72. The number of aryl methyl sites for hydroxylation is 2. The first-order chi connectivity index (χ1) is 10.2. The highest BCUT2D eigenvalue weighted by Crippen LogP contribution is 2.13. The van der Waals surface area contributed by atoms with Gasteiger partial charge in [-0.25, -0.2) is 0 Å². The number of ether oxygens (including phenoxy) is 1. The van der Waals surface area contributed by atoms with Gasteiger partial charge in [0.2, 0.25) is 0 Å². The van der Waals surface area contributed by atoms with Crippen molar-refractivity contribution in [3.05, 3.63) is 47.8 Å². The molecule has 1 aromatic carbocycles. The summed E-state index contributed by atoms with van der Waals surface area (Å²) in [5.74, 6) is 0.951. The van der Waals surface area contributed by atoms with E-state index in [9.17, 15) is 0 Å². The van der Waals surface area contributed by atoms with Crippen LogP contribution in [0.5, 0.6) is 5.75 Å². The highest BCUT2D eigenvalue weighted by molar-refractivity contribution is 5.27. The van der Waals surface area contributed by atoms with Gasteiger partial charge in [0.25, 0.3) is 0 Å². The van der Waals surface area contributed by atoms with Crippen molar-refractivity contribution in [1.82, 2.24) is 15.1 Å². The average Bonchev–Trinajstić information content (AvgIpc) is 2.84. The Balaban J connectivity index is 1.82. The van der Waals surface area contributed by atoms with Gasteiger partial charge in [0.15, 0.2) is 0 Å². The normalized spacial score (nSPS) is 12.3. The lowest BCUT2D eigenvalue weighted by atomic mass is 10.1. The van der Waals surface area contributed by atoms with Gasteiger partial charge in [0.05, 0.1) is 12.8 Å². The summed E-state index contributed by atoms with van der Waals surface area (Å²) in [4.78, 5) is 0. The summed E-state index contributed by atoms with van der Waals surface area (Å²) in [5.41, 5.74) is 2.49. The van der Waals surface area contributed by atoms with Crippen molar-refractivity contribution >= 4 is 0 Å². The summed E-state index contributed by atoms with van der Waals surface area (Å²) in [6, 6.07) is 8.61. The van der Waals surface area contributed by atoms with Crippen LogP contribution in [-0.4, -0.2) is 29.0 Å². The van der Waals surface area contributed by atoms with Crippen LogP contribution in [0, 0.1) is 6.92 Å². The molecule has 0 spiro atoms. The van der Waals surface area contributed by atoms with Gasteiger partial charge in [-0.05, 0) is 49.6 Å². The molecule has 0 radical (unpaired) electrons. The lowest BCUT2D eigenvalue weighted by Gasteiger charge is -2.17. The molecule has 1 heterocycles. The van der Waals surface area contributed by atoms with Crippen LogP contribution in [0.4, 0.5) is 0 Å². The van der Waals surface area contributed by atoms with Crippen LogP contribution in [0.3, 0.4) is 0 Å². The summed E-state index contributed by atoms with van der Waals surface area (Å²) in [5, 5.41) is 7.75. The smallest absolute Gasteiger partial charge is 0.119 e. The quantitative estimate of drug-likeness (QED) is 0.811. The second-order valence-corrected chi connectivity index (χ2v) is 5.43. The van der Waals surface area contributed by atoms with Crippen LogP contribution in [0.25, 0.3) is 0 Å². The molecule has 114 valence electrons. The number of aromatic nitrogens is 2. The molecule has 21 heavy (non-hydrogen) atoms. The molecular weight excluding hydrogens is 262 g/mol. The number of rotatable bonds is 8. The lowest BCUT2D eigenvalue weighted by Crippen LogP contribution is -2.32. The van der Waals surface area contributed by atoms with Crippen LogP contribution in [-0.2, 0) is 13.5 Å². The van der Waals surface area contributed by atoms with Crippen LogP contribution in [0.1, 0.15) is 24.5 Å². The minimum absolute atomic E-state index is 0.420. The summed E-state index contributed by atoms with van der Waals surface area (Å²) in [6.07, 6.45) is 5.98. The first-order valence-electron chi connectivity index (χ1n) is 7.57. The molecule has 0 aliphatic rings. The number of likely N-dealkylation sites (N-methyl/N-ethyl adjacent to an activating group) is 1. The van der Waals surface area contributed by atoms with Gasteiger partial charge in [-0.1, -0.05) is 19.1 Å². The van der Waals surface area contributed by atoms with E-state index >= 15 is 0 Å². The molecule has 4 heteroatoms. The second-order valence-electron chi connectivity index (χ2n) is 5.43. The SMILES string of the molecule is CCNC(CCOc1cccc(C)c1)Cc1cnn(C)c1. The zero-order chi connectivity index (χ0) is 15.1. The summed E-state index contributed by atoms with van der Waals surface area (Å²) in [6.45, 7) is 5.91. The molecular formula is C17H25N3O. The summed E-state index contributed by atoms with van der Waals surface area (Å²) < 4.78 is 7.69. The van der Waals surface area contributed by atoms with Gasteiger partial charge in [0, 0.05) is 19.3 Å². The second kappa shape index (κ2) is 7.84. The fourth-order valence-corrected chi connectivity index (χ4v) is 2.45. The van der Waals surface area contributed by atoms with Crippen molar-refractivity contribution in [2.24, 2.45) is 7.05 Å². The molecule has 4 nitrogen and oxygen atoms in total. The predicted molar refractivity (Wildman–Crippen MR) is 85.7 cm³/mol. The molecule has 0 bridgehead atoms. The average molecular weight is 287 g/mol. The van der Waals surface area contributed by atoms with E-state index in [4.69, 9.17) is 4.74 Å². The minimum atomic E-state index is 0.420. The monoisotopic (exact) mass is 287 g/mol. The Hall–Kier alpha value is -1.81. The molecule has 1 N–H and O–H groups in total. The molecule has 0 saturated heterocycles. The van der Waals surface area contributed by atoms with Gasteiger partial charge in [-0.3, -0.25) is 4.68 Å². The maximum Gasteiger partial charge on any atom is 0.119 e. The Bertz CT molecular complexity index is 550. The molecule has 0 amide bonds. The highest BCUT2D eigenvalue weighted by Gasteiger charge is 2.10. The largest absolute Gasteiger partial charge is 0.494 e. The number of nitrogens with zero attached hydrogens (tertiary/aromatic N) is 2. The van der Waals surface area contributed by atoms with E-state index in [0.29, 0.717) is 6.04 Å². The van der Waals surface area contributed by atoms with Crippen LogP contribution < -0.4 is 10.1 Å². The maximum absolute atomic E-state index is 5.85. The van der Waals surface area contributed by atoms with Gasteiger partial charge in [0.1, 0.15) is 5.75 Å². The van der Waals surface area contributed by atoms with E-state index in [-0.39, 0.29) is 0 Å². The standard InChI is InChI=1S/C17H25N3O/c1-4-18-16(11-15-12-19-20(3)13-15)8-9-21-17-7-5-6-14(2)10-17/h5-7,10,12-13,16,18H,4,8-9,11H2,1-3H3. The zero-order valence-corrected chi connectivity index (χ0v) is 13.2. The minimum Gasteiger partial charge on any atom is -0.494 e. The molecule has 1 atom stereocenters. The van der Waals surface area contributed by atoms with Crippen LogP contribution in [0.2, 0.25) is 0 Å². The molecule has 0 aliphatic heterocycles. The maximum atomic E-state index is 5.85. The van der Waals surface area contributed by atoms with Gasteiger partial charge in [-0.2, -0.15) is 5.10 Å². The van der Waals surface area contributed by atoms with Gasteiger partial charge < -0.3 is 10.1 Å². The topological polar surface area (TPSA) is 39.1 Å². The summed E-state index contributed by atoms with van der Waals surface area (Å²) in [7, 11) is 1.95. The highest BCUT2D eigenvalue weighted by atomic mass is 16.5. The first kappa shape index (κ1) is 15.6. The number of hydrogen-bond acceptors (Lipinski definition) is 3. The fourth-order valence-electron chi connectivity index (χ4n) is 2.45. The van der Waals surface area contributed by atoms with Crippen molar-refractivity contribution < 1.29 is 4.74 Å². The molecule has 0 fully saturated rings. The van der Waals surface area contributed by atoms with E-state index in [1.807, 2.05) is 30.1 Å². The van der Waals surface area contributed by atoms with Crippen LogP contribution in [0.15, 0.2) is 36.7 Å². The molecule has 1 aromatic heterocycles. The van der Waals surface area contributed by atoms with Crippen molar-refractivity contribution in [2.75, 3.05) is 13.2 Å². The Labute approximate surface area is 127 Å². The van der Waals surface area contributed by atoms with Crippen molar-refractivity contribution in [3.63, 3.8) is 0 Å². The van der Waals surface area contributed by atoms with Crippen molar-refractivity contribution in [3.8, 4) is 5.75 Å². The van der Waals surface area contributed by atoms with E-state index in [0.717, 1.165) is 31.7 Å². The van der Waals surface area contributed by atoms with E-state index in [1.54, 1.807) is 0 Å². The Morgan fingerprint density at radius 2 is 2.24 bits per heavy atom. The lowest BCUT2D eigenvalue weighted by molar-refractivity contribution is 0.285. The first-order valence-corrected chi connectivity index (χ1v) is 7.57. The third kappa shape index (κ3) is 5.23. The van der Waals surface area contributed by atoms with Gasteiger partial charge >= 0.3 is 0 Å². The van der Waals surface area contributed by atoms with Crippen molar-refractivity contribution in [1.29, 1.82) is 0 Å². The Morgan fingerprint density at radius 3 is 2.90 bits per heavy atom. The zero-order valence-electron chi connectivity index (χ0n) is 13.2. The molecule has 0 aliphatic carbocycles. The number of nitrogens with one attached hydrogen (secondary N) is 1. The van der Waals surface area contributed by atoms with Crippen molar-refractivity contribution in [2.45, 2.75) is 32.7 Å². The Morgan fingerprint density at radius 1 is 1.38 bits per heavy atom. The summed E-state index contributed by atoms with van der Waals surface area (Å²) >= 11 is 0. The van der Waals surface area contributed by atoms with E-state index in [2.05, 4.69) is 42.6 Å². The Kier molecular flexibility index (Phi) is 5.81. The third-order valence-electron chi connectivity index (χ3n) is 3.46. The molecule has 2 aromatic rings. The third-order valence-corrected chi connectivity index (χ3v) is 3.46. The van der Waals surface area contributed by atoms with Gasteiger partial charge in [-0.15, -0.1) is 0 Å². The molecule has 1 unspecified atom stereocenters. The van der Waals surface area contributed by atoms with E-state index < -0.39 is 0 Å². The molecule has 2 rings (SSSR count). The van der Waals surface area contributed by atoms with Crippen LogP contribution >= 0.6 is 0 Å². The molecule has 0 saturated carbocycles.